The average molecular weight is 261 g/mol. The van der Waals surface area contributed by atoms with Gasteiger partial charge in [-0.2, -0.15) is 5.10 Å². The zero-order chi connectivity index (χ0) is 13.7. The van der Waals surface area contributed by atoms with Crippen LogP contribution in [0, 0.1) is 0 Å². The number of aromatic nitrogens is 2. The van der Waals surface area contributed by atoms with Gasteiger partial charge in [0.15, 0.2) is 11.5 Å². The summed E-state index contributed by atoms with van der Waals surface area (Å²) in [6.45, 7) is 5.83. The number of hydrogen-bond donors (Lipinski definition) is 2. The van der Waals surface area contributed by atoms with Gasteiger partial charge in [-0.15, -0.1) is 0 Å². The number of rotatable bonds is 6. The van der Waals surface area contributed by atoms with E-state index in [1.165, 1.54) is 0 Å². The number of anilines is 1. The van der Waals surface area contributed by atoms with Crippen molar-refractivity contribution in [2.75, 3.05) is 11.9 Å². The maximum absolute atomic E-state index is 10.1. The van der Waals surface area contributed by atoms with E-state index in [1.807, 2.05) is 36.9 Å². The van der Waals surface area contributed by atoms with E-state index < -0.39 is 0 Å². The Morgan fingerprint density at radius 3 is 2.89 bits per heavy atom. The number of nitrogens with one attached hydrogen (secondary N) is 1. The molecule has 0 bridgehead atoms. The first-order valence-corrected chi connectivity index (χ1v) is 6.44. The van der Waals surface area contributed by atoms with Crippen molar-refractivity contribution in [1.29, 1.82) is 0 Å². The second-order valence-electron chi connectivity index (χ2n) is 4.14. The van der Waals surface area contributed by atoms with Crippen LogP contribution in [-0.4, -0.2) is 21.5 Å². The molecule has 19 heavy (non-hydrogen) atoms. The van der Waals surface area contributed by atoms with E-state index in [1.54, 1.807) is 12.3 Å². The molecule has 2 aromatic rings. The van der Waals surface area contributed by atoms with Crippen molar-refractivity contribution < 1.29 is 9.84 Å². The number of nitrogens with zero attached hydrogens (tertiary/aromatic N) is 2. The number of ether oxygens (including phenoxy) is 1. The van der Waals surface area contributed by atoms with Gasteiger partial charge in [0.25, 0.3) is 0 Å². The molecule has 0 unspecified atom stereocenters. The first kappa shape index (κ1) is 13.3. The topological polar surface area (TPSA) is 59.3 Å². The zero-order valence-corrected chi connectivity index (χ0v) is 11.3. The zero-order valence-electron chi connectivity index (χ0n) is 11.3. The number of phenols is 1. The quantitative estimate of drug-likeness (QED) is 0.839. The third kappa shape index (κ3) is 3.19. The molecule has 0 aliphatic heterocycles. The molecule has 0 saturated heterocycles. The van der Waals surface area contributed by atoms with Crippen LogP contribution in [0.15, 0.2) is 30.6 Å². The molecule has 0 fully saturated rings. The largest absolute Gasteiger partial charge is 0.504 e. The summed E-state index contributed by atoms with van der Waals surface area (Å²) in [4.78, 5) is 0. The number of aryl methyl sites for hydroxylation is 1. The van der Waals surface area contributed by atoms with Crippen LogP contribution in [0.2, 0.25) is 0 Å². The Bertz CT molecular complexity index is 537. The van der Waals surface area contributed by atoms with E-state index in [4.69, 9.17) is 4.74 Å². The van der Waals surface area contributed by atoms with E-state index in [0.29, 0.717) is 18.9 Å². The van der Waals surface area contributed by atoms with Crippen LogP contribution >= 0.6 is 0 Å². The molecule has 1 aromatic heterocycles. The molecule has 0 spiro atoms. The second-order valence-corrected chi connectivity index (χ2v) is 4.14. The standard InChI is InChI=1S/C14H19N3O2/c1-3-17-10-12(9-16-17)15-8-11-6-5-7-13(14(11)18)19-4-2/h5-7,9-10,15,18H,3-4,8H2,1-2H3. The summed E-state index contributed by atoms with van der Waals surface area (Å²) >= 11 is 0. The first-order valence-electron chi connectivity index (χ1n) is 6.44. The van der Waals surface area contributed by atoms with Crippen LogP contribution in [0.25, 0.3) is 0 Å². The Hall–Kier alpha value is -2.17. The van der Waals surface area contributed by atoms with Crippen LogP contribution in [0.1, 0.15) is 19.4 Å². The summed E-state index contributed by atoms with van der Waals surface area (Å²) < 4.78 is 7.20. The van der Waals surface area contributed by atoms with Gasteiger partial charge in [-0.1, -0.05) is 12.1 Å². The molecule has 0 atom stereocenters. The fourth-order valence-electron chi connectivity index (χ4n) is 1.81. The normalized spacial score (nSPS) is 10.4. The Morgan fingerprint density at radius 2 is 2.21 bits per heavy atom. The SMILES string of the molecule is CCOc1cccc(CNc2cnn(CC)c2)c1O. The van der Waals surface area contributed by atoms with Gasteiger partial charge in [0.2, 0.25) is 0 Å². The highest BCUT2D eigenvalue weighted by Gasteiger charge is 2.07. The van der Waals surface area contributed by atoms with Crippen LogP contribution in [0.3, 0.4) is 0 Å². The van der Waals surface area contributed by atoms with Crippen molar-refractivity contribution in [2.24, 2.45) is 0 Å². The highest BCUT2D eigenvalue weighted by Crippen LogP contribution is 2.30. The van der Waals surface area contributed by atoms with Crippen molar-refractivity contribution in [1.82, 2.24) is 9.78 Å². The maximum Gasteiger partial charge on any atom is 0.162 e. The molecule has 1 aromatic carbocycles. The summed E-state index contributed by atoms with van der Waals surface area (Å²) in [6, 6.07) is 5.50. The third-order valence-electron chi connectivity index (χ3n) is 2.82. The summed E-state index contributed by atoms with van der Waals surface area (Å²) in [5.74, 6) is 0.714. The Morgan fingerprint density at radius 1 is 1.37 bits per heavy atom. The van der Waals surface area contributed by atoms with Gasteiger partial charge in [0, 0.05) is 24.8 Å². The van der Waals surface area contributed by atoms with Gasteiger partial charge < -0.3 is 15.2 Å². The minimum absolute atomic E-state index is 0.194. The van der Waals surface area contributed by atoms with Gasteiger partial charge in [0.1, 0.15) is 0 Å². The predicted molar refractivity (Wildman–Crippen MR) is 74.5 cm³/mol. The molecule has 5 heteroatoms. The Balaban J connectivity index is 2.04. The molecule has 1 heterocycles. The second kappa shape index (κ2) is 6.13. The van der Waals surface area contributed by atoms with Crippen molar-refractivity contribution in [3.8, 4) is 11.5 Å². The molecule has 0 aliphatic carbocycles. The number of para-hydroxylation sites is 1. The van der Waals surface area contributed by atoms with Crippen molar-refractivity contribution in [2.45, 2.75) is 26.9 Å². The first-order chi connectivity index (χ1) is 9.24. The predicted octanol–water partition coefficient (Wildman–Crippen LogP) is 2.62. The summed E-state index contributed by atoms with van der Waals surface area (Å²) in [6.07, 6.45) is 3.70. The number of hydrogen-bond acceptors (Lipinski definition) is 4. The van der Waals surface area contributed by atoms with Gasteiger partial charge in [-0.25, -0.2) is 0 Å². The molecule has 2 N–H and O–H groups in total. The molecular formula is C14H19N3O2. The van der Waals surface area contributed by atoms with Crippen LogP contribution in [0.5, 0.6) is 11.5 Å². The molecule has 5 nitrogen and oxygen atoms in total. The van der Waals surface area contributed by atoms with Crippen LogP contribution in [0.4, 0.5) is 5.69 Å². The van der Waals surface area contributed by atoms with Gasteiger partial charge >= 0.3 is 0 Å². The number of aromatic hydroxyl groups is 1. The van der Waals surface area contributed by atoms with E-state index in [-0.39, 0.29) is 5.75 Å². The highest BCUT2D eigenvalue weighted by atomic mass is 16.5. The van der Waals surface area contributed by atoms with Gasteiger partial charge in [0.05, 0.1) is 18.5 Å². The number of benzene rings is 1. The van der Waals surface area contributed by atoms with Gasteiger partial charge in [-0.05, 0) is 19.9 Å². The van der Waals surface area contributed by atoms with Crippen molar-refractivity contribution >= 4 is 5.69 Å². The van der Waals surface area contributed by atoms with E-state index in [0.717, 1.165) is 17.8 Å². The minimum atomic E-state index is 0.194. The fraction of sp³-hybridized carbons (Fsp3) is 0.357. The fourth-order valence-corrected chi connectivity index (χ4v) is 1.81. The van der Waals surface area contributed by atoms with Crippen molar-refractivity contribution in [3.63, 3.8) is 0 Å². The molecule has 0 saturated carbocycles. The highest BCUT2D eigenvalue weighted by molar-refractivity contribution is 5.48. The lowest BCUT2D eigenvalue weighted by Gasteiger charge is -2.10. The lowest BCUT2D eigenvalue weighted by Crippen LogP contribution is -2.00. The smallest absolute Gasteiger partial charge is 0.162 e. The summed E-state index contributed by atoms with van der Waals surface area (Å²) in [7, 11) is 0. The minimum Gasteiger partial charge on any atom is -0.504 e. The van der Waals surface area contributed by atoms with Gasteiger partial charge in [-0.3, -0.25) is 4.68 Å². The molecule has 0 radical (unpaired) electrons. The summed E-state index contributed by atoms with van der Waals surface area (Å²) in [5.41, 5.74) is 1.73. The van der Waals surface area contributed by atoms with E-state index in [9.17, 15) is 5.11 Å². The Kier molecular flexibility index (Phi) is 4.28. The molecule has 0 amide bonds. The molecule has 102 valence electrons. The van der Waals surface area contributed by atoms with Crippen molar-refractivity contribution in [3.05, 3.63) is 36.2 Å². The van der Waals surface area contributed by atoms with Crippen LogP contribution < -0.4 is 10.1 Å². The van der Waals surface area contributed by atoms with E-state index >= 15 is 0 Å². The maximum atomic E-state index is 10.1. The van der Waals surface area contributed by atoms with E-state index in [2.05, 4.69) is 10.4 Å². The third-order valence-corrected chi connectivity index (χ3v) is 2.82. The molecule has 2 rings (SSSR count). The monoisotopic (exact) mass is 261 g/mol. The van der Waals surface area contributed by atoms with Crippen LogP contribution in [-0.2, 0) is 13.1 Å². The summed E-state index contributed by atoms with van der Waals surface area (Å²) in [5, 5.41) is 17.5. The average Bonchev–Trinajstić information content (AvgIpc) is 2.88. The lowest BCUT2D eigenvalue weighted by atomic mass is 10.2. The number of phenolic OH excluding ortho intramolecular Hbond substituents is 1. The lowest BCUT2D eigenvalue weighted by molar-refractivity contribution is 0.317. The molecule has 0 aliphatic rings. The molecular weight excluding hydrogens is 242 g/mol. The Labute approximate surface area is 112 Å².